The SMILES string of the molecule is COC(=O)Cc1c(N)cc(Br)nc1C(F)F. The van der Waals surface area contributed by atoms with E-state index in [0.29, 0.717) is 0 Å². The number of pyridine rings is 1. The van der Waals surface area contributed by atoms with E-state index in [1.807, 2.05) is 0 Å². The van der Waals surface area contributed by atoms with Gasteiger partial charge in [0.2, 0.25) is 0 Å². The smallest absolute Gasteiger partial charge is 0.310 e. The second-order valence-electron chi connectivity index (χ2n) is 2.95. The number of nitrogens with zero attached hydrogens (tertiary/aromatic N) is 1. The van der Waals surface area contributed by atoms with E-state index >= 15 is 0 Å². The van der Waals surface area contributed by atoms with Gasteiger partial charge in [0.15, 0.2) is 0 Å². The number of alkyl halides is 2. The van der Waals surface area contributed by atoms with E-state index in [1.165, 1.54) is 13.2 Å². The maximum Gasteiger partial charge on any atom is 0.310 e. The summed E-state index contributed by atoms with van der Waals surface area (Å²) in [6.07, 6.45) is -3.11. The van der Waals surface area contributed by atoms with Crippen LogP contribution in [0.3, 0.4) is 0 Å². The Labute approximate surface area is 98.9 Å². The Bertz CT molecular complexity index is 413. The molecule has 1 rings (SSSR count). The average molecular weight is 295 g/mol. The van der Waals surface area contributed by atoms with Crippen molar-refractivity contribution >= 4 is 27.6 Å². The van der Waals surface area contributed by atoms with E-state index in [2.05, 4.69) is 25.7 Å². The van der Waals surface area contributed by atoms with Crippen molar-refractivity contribution in [2.75, 3.05) is 12.8 Å². The Hall–Kier alpha value is -1.24. The molecule has 4 nitrogen and oxygen atoms in total. The molecule has 88 valence electrons. The van der Waals surface area contributed by atoms with Gasteiger partial charge in [0.05, 0.1) is 13.5 Å². The Morgan fingerprint density at radius 1 is 1.69 bits per heavy atom. The first kappa shape index (κ1) is 12.8. The van der Waals surface area contributed by atoms with Gasteiger partial charge in [0.1, 0.15) is 10.3 Å². The molecule has 16 heavy (non-hydrogen) atoms. The fourth-order valence-electron chi connectivity index (χ4n) is 1.17. The van der Waals surface area contributed by atoms with Gasteiger partial charge in [-0.15, -0.1) is 0 Å². The zero-order valence-electron chi connectivity index (χ0n) is 8.34. The molecule has 2 N–H and O–H groups in total. The second kappa shape index (κ2) is 5.20. The molecule has 0 aromatic carbocycles. The Kier molecular flexibility index (Phi) is 4.17. The number of esters is 1. The summed E-state index contributed by atoms with van der Waals surface area (Å²) >= 11 is 2.96. The van der Waals surface area contributed by atoms with Gasteiger partial charge in [-0.05, 0) is 22.0 Å². The van der Waals surface area contributed by atoms with Crippen LogP contribution < -0.4 is 5.73 Å². The van der Waals surface area contributed by atoms with Gasteiger partial charge in [0, 0.05) is 11.3 Å². The maximum absolute atomic E-state index is 12.7. The number of hydrogen-bond acceptors (Lipinski definition) is 4. The van der Waals surface area contributed by atoms with E-state index in [0.717, 1.165) is 0 Å². The van der Waals surface area contributed by atoms with Crippen molar-refractivity contribution in [3.05, 3.63) is 21.9 Å². The van der Waals surface area contributed by atoms with Gasteiger partial charge in [-0.2, -0.15) is 0 Å². The highest BCUT2D eigenvalue weighted by molar-refractivity contribution is 9.10. The fraction of sp³-hybridized carbons (Fsp3) is 0.333. The number of methoxy groups -OCH3 is 1. The number of anilines is 1. The highest BCUT2D eigenvalue weighted by atomic mass is 79.9. The van der Waals surface area contributed by atoms with Gasteiger partial charge in [-0.1, -0.05) is 0 Å². The second-order valence-corrected chi connectivity index (χ2v) is 3.76. The van der Waals surface area contributed by atoms with Crippen molar-refractivity contribution in [2.24, 2.45) is 0 Å². The van der Waals surface area contributed by atoms with Crippen molar-refractivity contribution in [1.29, 1.82) is 0 Å². The first-order valence-corrected chi connectivity index (χ1v) is 5.04. The molecule has 0 atom stereocenters. The third-order valence-electron chi connectivity index (χ3n) is 1.92. The lowest BCUT2D eigenvalue weighted by molar-refractivity contribution is -0.139. The molecule has 1 aromatic rings. The first-order chi connectivity index (χ1) is 7.45. The minimum atomic E-state index is -2.79. The number of halogens is 3. The van der Waals surface area contributed by atoms with Crippen molar-refractivity contribution in [3.63, 3.8) is 0 Å². The number of aromatic nitrogens is 1. The third kappa shape index (κ3) is 2.88. The molecular formula is C9H9BrF2N2O2. The summed E-state index contributed by atoms with van der Waals surface area (Å²) in [7, 11) is 1.17. The molecule has 0 bridgehead atoms. The van der Waals surface area contributed by atoms with Crippen LogP contribution in [0.15, 0.2) is 10.7 Å². The number of nitrogen functional groups attached to an aromatic ring is 1. The molecule has 0 amide bonds. The number of rotatable bonds is 3. The van der Waals surface area contributed by atoms with E-state index in [4.69, 9.17) is 5.73 Å². The molecule has 1 aromatic heterocycles. The highest BCUT2D eigenvalue weighted by Gasteiger charge is 2.20. The van der Waals surface area contributed by atoms with Crippen molar-refractivity contribution < 1.29 is 18.3 Å². The standard InChI is InChI=1S/C9H9BrF2N2O2/c1-16-7(15)2-4-5(13)3-6(10)14-8(4)9(11)12/h3,9H,2H2,1H3,(H2,13,14). The summed E-state index contributed by atoms with van der Waals surface area (Å²) in [5.74, 6) is -0.641. The molecule has 0 aliphatic carbocycles. The number of carbonyl (C=O) groups is 1. The van der Waals surface area contributed by atoms with Gasteiger partial charge in [0.25, 0.3) is 6.43 Å². The summed E-state index contributed by atoms with van der Waals surface area (Å²) in [4.78, 5) is 14.6. The maximum atomic E-state index is 12.7. The van der Waals surface area contributed by atoms with Crippen molar-refractivity contribution in [2.45, 2.75) is 12.8 Å². The normalized spacial score (nSPS) is 10.6. The molecule has 0 spiro atoms. The van der Waals surface area contributed by atoms with E-state index < -0.39 is 18.1 Å². The molecular weight excluding hydrogens is 286 g/mol. The molecule has 1 heterocycles. The number of nitrogens with two attached hydrogens (primary N) is 1. The summed E-state index contributed by atoms with van der Waals surface area (Å²) in [5, 5.41) is 0. The predicted molar refractivity (Wildman–Crippen MR) is 57.0 cm³/mol. The lowest BCUT2D eigenvalue weighted by Gasteiger charge is -2.10. The van der Waals surface area contributed by atoms with Gasteiger partial charge >= 0.3 is 5.97 Å². The van der Waals surface area contributed by atoms with Crippen molar-refractivity contribution in [1.82, 2.24) is 4.98 Å². The Morgan fingerprint density at radius 2 is 2.31 bits per heavy atom. The van der Waals surface area contributed by atoms with E-state index in [-0.39, 0.29) is 22.3 Å². The van der Waals surface area contributed by atoms with Crippen LogP contribution in [0.4, 0.5) is 14.5 Å². The van der Waals surface area contributed by atoms with Gasteiger partial charge in [-0.25, -0.2) is 13.8 Å². The van der Waals surface area contributed by atoms with Crippen LogP contribution in [0.2, 0.25) is 0 Å². The lowest BCUT2D eigenvalue weighted by atomic mass is 10.1. The monoisotopic (exact) mass is 294 g/mol. The zero-order valence-corrected chi connectivity index (χ0v) is 9.92. The van der Waals surface area contributed by atoms with Crippen LogP contribution in [0.25, 0.3) is 0 Å². The third-order valence-corrected chi connectivity index (χ3v) is 2.32. The Morgan fingerprint density at radius 3 is 2.81 bits per heavy atom. The Balaban J connectivity index is 3.19. The van der Waals surface area contributed by atoms with Crippen molar-refractivity contribution in [3.8, 4) is 0 Å². The zero-order chi connectivity index (χ0) is 12.3. The minimum Gasteiger partial charge on any atom is -0.469 e. The van der Waals surface area contributed by atoms with Crippen LogP contribution in [0, 0.1) is 0 Å². The summed E-state index contributed by atoms with van der Waals surface area (Å²) < 4.78 is 29.9. The predicted octanol–water partition coefficient (Wildman–Crippen LogP) is 2.08. The largest absolute Gasteiger partial charge is 0.469 e. The number of carbonyl (C=O) groups excluding carboxylic acids is 1. The van der Waals surface area contributed by atoms with Crippen LogP contribution >= 0.6 is 15.9 Å². The molecule has 0 aliphatic rings. The number of ether oxygens (including phenoxy) is 1. The lowest BCUT2D eigenvalue weighted by Crippen LogP contribution is -2.11. The van der Waals surface area contributed by atoms with Crippen LogP contribution in [-0.2, 0) is 16.0 Å². The average Bonchev–Trinajstić information content (AvgIpc) is 2.20. The fourth-order valence-corrected chi connectivity index (χ4v) is 1.61. The molecule has 0 aliphatic heterocycles. The number of hydrogen-bond donors (Lipinski definition) is 1. The quantitative estimate of drug-likeness (QED) is 0.685. The molecule has 0 unspecified atom stereocenters. The van der Waals surface area contributed by atoms with Gasteiger partial charge in [-0.3, -0.25) is 4.79 Å². The minimum absolute atomic E-state index is 0.00468. The van der Waals surface area contributed by atoms with E-state index in [9.17, 15) is 13.6 Å². The van der Waals surface area contributed by atoms with E-state index in [1.54, 1.807) is 0 Å². The summed E-state index contributed by atoms with van der Waals surface area (Å²) in [6.45, 7) is 0. The van der Waals surface area contributed by atoms with Crippen LogP contribution in [0.5, 0.6) is 0 Å². The molecule has 0 radical (unpaired) electrons. The highest BCUT2D eigenvalue weighted by Crippen LogP contribution is 2.28. The molecule has 0 saturated carbocycles. The van der Waals surface area contributed by atoms with Crippen LogP contribution in [-0.4, -0.2) is 18.1 Å². The topological polar surface area (TPSA) is 65.2 Å². The summed E-state index contributed by atoms with van der Waals surface area (Å²) in [6, 6.07) is 1.37. The van der Waals surface area contributed by atoms with Gasteiger partial charge < -0.3 is 10.5 Å². The van der Waals surface area contributed by atoms with Crippen LogP contribution in [0.1, 0.15) is 17.7 Å². The summed E-state index contributed by atoms with van der Waals surface area (Å²) in [5.41, 5.74) is 5.14. The molecule has 7 heteroatoms. The molecule has 0 fully saturated rings. The first-order valence-electron chi connectivity index (χ1n) is 4.25. The molecule has 0 saturated heterocycles.